The van der Waals surface area contributed by atoms with Crippen LogP contribution in [0.2, 0.25) is 0 Å². The molecule has 1 rings (SSSR count). The first-order chi connectivity index (χ1) is 7.56. The fourth-order valence-corrected chi connectivity index (χ4v) is 1.31. The van der Waals surface area contributed by atoms with Crippen LogP contribution in [0.5, 0.6) is 0 Å². The van der Waals surface area contributed by atoms with Gasteiger partial charge in [0.15, 0.2) is 6.10 Å². The number of anilines is 1. The molecular formula is C12H17NO3. The molecule has 0 aromatic heterocycles. The van der Waals surface area contributed by atoms with Gasteiger partial charge in [-0.2, -0.15) is 0 Å². The highest BCUT2D eigenvalue weighted by Gasteiger charge is 2.18. The minimum Gasteiger partial charge on any atom is -0.464 e. The highest BCUT2D eigenvalue weighted by molar-refractivity contribution is 5.76. The molecule has 0 aliphatic carbocycles. The highest BCUT2D eigenvalue weighted by atomic mass is 16.5. The molecular weight excluding hydrogens is 206 g/mol. The number of nitrogens with zero attached hydrogens (tertiary/aromatic N) is 1. The van der Waals surface area contributed by atoms with Crippen LogP contribution >= 0.6 is 0 Å². The van der Waals surface area contributed by atoms with Crippen molar-refractivity contribution in [3.63, 3.8) is 0 Å². The second-order valence-corrected chi connectivity index (χ2v) is 3.64. The zero-order chi connectivity index (χ0) is 12.1. The largest absolute Gasteiger partial charge is 0.464 e. The normalized spacial score (nSPS) is 12.0. The number of benzene rings is 1. The summed E-state index contributed by atoms with van der Waals surface area (Å²) < 4.78 is 4.74. The lowest BCUT2D eigenvalue weighted by atomic mass is 10.1. The molecule has 0 saturated carbocycles. The van der Waals surface area contributed by atoms with Crippen LogP contribution in [-0.2, 0) is 9.53 Å². The summed E-state index contributed by atoms with van der Waals surface area (Å²) in [6.45, 7) is 1.98. The number of carbonyl (C=O) groups excluding carboxylic acids is 1. The van der Waals surface area contributed by atoms with Gasteiger partial charge in [-0.15, -0.1) is 0 Å². The smallest absolute Gasteiger partial charge is 0.339 e. The average Bonchev–Trinajstić information content (AvgIpc) is 2.28. The third-order valence-corrected chi connectivity index (χ3v) is 2.24. The van der Waals surface area contributed by atoms with Gasteiger partial charge in [0.05, 0.1) is 6.61 Å². The quantitative estimate of drug-likeness (QED) is 0.783. The molecule has 1 aromatic rings. The molecule has 1 aromatic carbocycles. The van der Waals surface area contributed by atoms with E-state index in [4.69, 9.17) is 4.74 Å². The molecule has 0 heterocycles. The number of aliphatic hydroxyl groups excluding tert-OH is 1. The standard InChI is InChI=1S/C12H17NO3/c1-4-16-12(15)11(14)9-5-7-10(8-6-9)13(2)3/h5-8,11,14H,4H2,1-3H3. The minimum atomic E-state index is -1.20. The van der Waals surface area contributed by atoms with Gasteiger partial charge in [0, 0.05) is 19.8 Å². The maximum atomic E-state index is 11.3. The summed E-state index contributed by atoms with van der Waals surface area (Å²) >= 11 is 0. The molecule has 16 heavy (non-hydrogen) atoms. The van der Waals surface area contributed by atoms with Gasteiger partial charge in [-0.05, 0) is 24.6 Å². The number of carbonyl (C=O) groups is 1. The van der Waals surface area contributed by atoms with Crippen molar-refractivity contribution < 1.29 is 14.6 Å². The van der Waals surface area contributed by atoms with Crippen molar-refractivity contribution in [1.82, 2.24) is 0 Å². The van der Waals surface area contributed by atoms with E-state index >= 15 is 0 Å². The molecule has 0 spiro atoms. The number of ether oxygens (including phenoxy) is 1. The van der Waals surface area contributed by atoms with Crippen LogP contribution in [0.1, 0.15) is 18.6 Å². The fraction of sp³-hybridized carbons (Fsp3) is 0.417. The van der Waals surface area contributed by atoms with E-state index in [1.807, 2.05) is 31.1 Å². The molecule has 0 aliphatic rings. The van der Waals surface area contributed by atoms with E-state index in [2.05, 4.69) is 0 Å². The minimum absolute atomic E-state index is 0.270. The topological polar surface area (TPSA) is 49.8 Å². The zero-order valence-electron chi connectivity index (χ0n) is 9.80. The molecule has 0 aliphatic heterocycles. The van der Waals surface area contributed by atoms with Crippen molar-refractivity contribution in [2.45, 2.75) is 13.0 Å². The molecule has 88 valence electrons. The number of esters is 1. The van der Waals surface area contributed by atoms with Crippen molar-refractivity contribution in [2.75, 3.05) is 25.6 Å². The predicted octanol–water partition coefficient (Wildman–Crippen LogP) is 1.35. The SMILES string of the molecule is CCOC(=O)C(O)c1ccc(N(C)C)cc1. The van der Waals surface area contributed by atoms with Gasteiger partial charge in [0.1, 0.15) is 0 Å². The molecule has 1 atom stereocenters. The van der Waals surface area contributed by atoms with E-state index in [0.717, 1.165) is 5.69 Å². The zero-order valence-corrected chi connectivity index (χ0v) is 9.80. The predicted molar refractivity (Wildman–Crippen MR) is 62.4 cm³/mol. The van der Waals surface area contributed by atoms with Crippen molar-refractivity contribution in [3.8, 4) is 0 Å². The Morgan fingerprint density at radius 1 is 1.38 bits per heavy atom. The van der Waals surface area contributed by atoms with Crippen molar-refractivity contribution >= 4 is 11.7 Å². The van der Waals surface area contributed by atoms with Gasteiger partial charge in [0.2, 0.25) is 0 Å². The Bertz CT molecular complexity index is 346. The van der Waals surface area contributed by atoms with E-state index in [0.29, 0.717) is 5.56 Å². The lowest BCUT2D eigenvalue weighted by molar-refractivity contribution is -0.153. The van der Waals surface area contributed by atoms with Crippen LogP contribution in [0, 0.1) is 0 Å². The van der Waals surface area contributed by atoms with E-state index in [1.165, 1.54) is 0 Å². The van der Waals surface area contributed by atoms with E-state index in [9.17, 15) is 9.90 Å². The second kappa shape index (κ2) is 5.51. The van der Waals surface area contributed by atoms with Gasteiger partial charge in [-0.3, -0.25) is 0 Å². The molecule has 0 amide bonds. The third-order valence-electron chi connectivity index (χ3n) is 2.24. The van der Waals surface area contributed by atoms with Crippen LogP contribution in [0.4, 0.5) is 5.69 Å². The Morgan fingerprint density at radius 3 is 2.38 bits per heavy atom. The van der Waals surface area contributed by atoms with Gasteiger partial charge >= 0.3 is 5.97 Å². The van der Waals surface area contributed by atoms with Crippen LogP contribution in [0.3, 0.4) is 0 Å². The summed E-state index contributed by atoms with van der Waals surface area (Å²) in [5, 5.41) is 9.66. The van der Waals surface area contributed by atoms with Crippen LogP contribution < -0.4 is 4.90 Å². The first-order valence-electron chi connectivity index (χ1n) is 5.18. The van der Waals surface area contributed by atoms with Crippen LogP contribution in [-0.4, -0.2) is 31.8 Å². The van der Waals surface area contributed by atoms with E-state index in [-0.39, 0.29) is 6.61 Å². The molecule has 0 radical (unpaired) electrons. The van der Waals surface area contributed by atoms with Crippen LogP contribution in [0.25, 0.3) is 0 Å². The summed E-state index contributed by atoms with van der Waals surface area (Å²) in [6.07, 6.45) is -1.20. The number of hydrogen-bond acceptors (Lipinski definition) is 4. The maximum absolute atomic E-state index is 11.3. The monoisotopic (exact) mass is 223 g/mol. The summed E-state index contributed by atoms with van der Waals surface area (Å²) in [4.78, 5) is 13.2. The highest BCUT2D eigenvalue weighted by Crippen LogP contribution is 2.18. The first-order valence-corrected chi connectivity index (χ1v) is 5.18. The Morgan fingerprint density at radius 2 is 1.94 bits per heavy atom. The summed E-state index contributed by atoms with van der Waals surface area (Å²) in [6, 6.07) is 7.13. The van der Waals surface area contributed by atoms with Crippen molar-refractivity contribution in [2.24, 2.45) is 0 Å². The average molecular weight is 223 g/mol. The number of hydrogen-bond donors (Lipinski definition) is 1. The molecule has 1 N–H and O–H groups in total. The van der Waals surface area contributed by atoms with Gasteiger partial charge in [-0.1, -0.05) is 12.1 Å². The maximum Gasteiger partial charge on any atom is 0.339 e. The first kappa shape index (κ1) is 12.5. The molecule has 0 fully saturated rings. The molecule has 4 nitrogen and oxygen atoms in total. The van der Waals surface area contributed by atoms with Gasteiger partial charge in [-0.25, -0.2) is 4.79 Å². The lowest BCUT2D eigenvalue weighted by Gasteiger charge is -2.14. The summed E-state index contributed by atoms with van der Waals surface area (Å²) in [7, 11) is 3.85. The Hall–Kier alpha value is -1.55. The van der Waals surface area contributed by atoms with Crippen molar-refractivity contribution in [3.05, 3.63) is 29.8 Å². The van der Waals surface area contributed by atoms with Gasteiger partial charge in [0.25, 0.3) is 0 Å². The second-order valence-electron chi connectivity index (χ2n) is 3.64. The molecule has 0 saturated heterocycles. The molecule has 1 unspecified atom stereocenters. The fourth-order valence-electron chi connectivity index (χ4n) is 1.31. The van der Waals surface area contributed by atoms with Crippen molar-refractivity contribution in [1.29, 1.82) is 0 Å². The summed E-state index contributed by atoms with van der Waals surface area (Å²) in [5.41, 5.74) is 1.56. The van der Waals surface area contributed by atoms with E-state index in [1.54, 1.807) is 19.1 Å². The number of rotatable bonds is 4. The Balaban J connectivity index is 2.77. The summed E-state index contributed by atoms with van der Waals surface area (Å²) in [5.74, 6) is -0.611. The molecule has 0 bridgehead atoms. The third kappa shape index (κ3) is 2.97. The number of aliphatic hydroxyl groups is 1. The molecule has 4 heteroatoms. The van der Waals surface area contributed by atoms with E-state index < -0.39 is 12.1 Å². The Kier molecular flexibility index (Phi) is 4.31. The lowest BCUT2D eigenvalue weighted by Crippen LogP contribution is -2.15. The Labute approximate surface area is 95.5 Å². The van der Waals surface area contributed by atoms with Crippen LogP contribution in [0.15, 0.2) is 24.3 Å². The van der Waals surface area contributed by atoms with Gasteiger partial charge < -0.3 is 14.7 Å².